The predicted octanol–water partition coefficient (Wildman–Crippen LogP) is 1.64. The second-order valence-corrected chi connectivity index (χ2v) is 4.36. The first-order chi connectivity index (χ1) is 8.19. The van der Waals surface area contributed by atoms with Crippen LogP contribution in [0.4, 0.5) is 0 Å². The first-order valence-electron chi connectivity index (χ1n) is 6.30. The molecule has 2 unspecified atom stereocenters. The van der Waals surface area contributed by atoms with E-state index in [9.17, 15) is 5.11 Å². The minimum Gasteiger partial charge on any atom is -0.396 e. The Balaban J connectivity index is 2.52. The Morgan fingerprint density at radius 1 is 1.24 bits per heavy atom. The van der Waals surface area contributed by atoms with E-state index in [-0.39, 0.29) is 12.6 Å². The lowest BCUT2D eigenvalue weighted by molar-refractivity contribution is 0.134. The molecule has 0 bridgehead atoms. The highest BCUT2D eigenvalue weighted by Gasteiger charge is 2.15. The molecule has 1 aromatic rings. The summed E-state index contributed by atoms with van der Waals surface area (Å²) in [6.07, 6.45) is 1.23. The van der Waals surface area contributed by atoms with Gasteiger partial charge in [0.15, 0.2) is 0 Å². The molecule has 0 heterocycles. The van der Waals surface area contributed by atoms with Crippen LogP contribution >= 0.6 is 0 Å². The SMILES string of the molecule is CCc1ccc(C(O)C(C)NCCCO)cc1. The molecule has 0 spiro atoms. The smallest absolute Gasteiger partial charge is 0.0940 e. The maximum Gasteiger partial charge on any atom is 0.0940 e. The van der Waals surface area contributed by atoms with Gasteiger partial charge in [-0.3, -0.25) is 0 Å². The van der Waals surface area contributed by atoms with Crippen LogP contribution in [-0.4, -0.2) is 29.4 Å². The molecule has 0 saturated carbocycles. The van der Waals surface area contributed by atoms with Gasteiger partial charge in [-0.1, -0.05) is 31.2 Å². The van der Waals surface area contributed by atoms with Crippen molar-refractivity contribution < 1.29 is 10.2 Å². The van der Waals surface area contributed by atoms with Crippen LogP contribution in [0, 0.1) is 0 Å². The fourth-order valence-corrected chi connectivity index (χ4v) is 1.76. The normalized spacial score (nSPS) is 14.6. The zero-order valence-electron chi connectivity index (χ0n) is 10.7. The summed E-state index contributed by atoms with van der Waals surface area (Å²) in [6.45, 7) is 4.98. The fraction of sp³-hybridized carbons (Fsp3) is 0.571. The van der Waals surface area contributed by atoms with Crippen LogP contribution < -0.4 is 5.32 Å². The van der Waals surface area contributed by atoms with Crippen molar-refractivity contribution in [2.45, 2.75) is 38.8 Å². The van der Waals surface area contributed by atoms with Gasteiger partial charge in [0, 0.05) is 12.6 Å². The van der Waals surface area contributed by atoms with E-state index in [1.807, 2.05) is 19.1 Å². The van der Waals surface area contributed by atoms with Crippen molar-refractivity contribution in [1.29, 1.82) is 0 Å². The average molecular weight is 237 g/mol. The Hall–Kier alpha value is -0.900. The number of hydrogen-bond acceptors (Lipinski definition) is 3. The molecule has 3 N–H and O–H groups in total. The number of benzene rings is 1. The number of aliphatic hydroxyl groups excluding tert-OH is 2. The lowest BCUT2D eigenvalue weighted by Crippen LogP contribution is -2.33. The highest BCUT2D eigenvalue weighted by molar-refractivity contribution is 5.24. The molecule has 3 heteroatoms. The van der Waals surface area contributed by atoms with Gasteiger partial charge in [0.05, 0.1) is 6.10 Å². The minimum atomic E-state index is -0.500. The van der Waals surface area contributed by atoms with Gasteiger partial charge >= 0.3 is 0 Å². The molecule has 1 rings (SSSR count). The summed E-state index contributed by atoms with van der Waals surface area (Å²) in [5, 5.41) is 22.0. The third-order valence-corrected chi connectivity index (χ3v) is 3.00. The molecule has 1 aromatic carbocycles. The van der Waals surface area contributed by atoms with Crippen molar-refractivity contribution in [3.63, 3.8) is 0 Å². The summed E-state index contributed by atoms with van der Waals surface area (Å²) in [7, 11) is 0. The number of rotatable bonds is 7. The third-order valence-electron chi connectivity index (χ3n) is 3.00. The monoisotopic (exact) mass is 237 g/mol. The van der Waals surface area contributed by atoms with Gasteiger partial charge in [0.1, 0.15) is 0 Å². The van der Waals surface area contributed by atoms with E-state index in [4.69, 9.17) is 5.11 Å². The zero-order chi connectivity index (χ0) is 12.7. The summed E-state index contributed by atoms with van der Waals surface area (Å²) in [4.78, 5) is 0. The lowest BCUT2D eigenvalue weighted by atomic mass is 10.0. The van der Waals surface area contributed by atoms with Crippen LogP contribution in [-0.2, 0) is 6.42 Å². The van der Waals surface area contributed by atoms with E-state index in [1.165, 1.54) is 5.56 Å². The van der Waals surface area contributed by atoms with Crippen molar-refractivity contribution in [2.75, 3.05) is 13.2 Å². The Labute approximate surface area is 103 Å². The van der Waals surface area contributed by atoms with E-state index in [2.05, 4.69) is 24.4 Å². The molecule has 0 amide bonds. The van der Waals surface area contributed by atoms with Crippen LogP contribution in [0.1, 0.15) is 37.5 Å². The number of hydrogen-bond donors (Lipinski definition) is 3. The predicted molar refractivity (Wildman–Crippen MR) is 69.9 cm³/mol. The van der Waals surface area contributed by atoms with Gasteiger partial charge in [-0.15, -0.1) is 0 Å². The van der Waals surface area contributed by atoms with Crippen LogP contribution in [0.3, 0.4) is 0 Å². The minimum absolute atomic E-state index is 0.00553. The second-order valence-electron chi connectivity index (χ2n) is 4.36. The van der Waals surface area contributed by atoms with Crippen LogP contribution in [0.2, 0.25) is 0 Å². The van der Waals surface area contributed by atoms with Gasteiger partial charge in [0.2, 0.25) is 0 Å². The molecule has 96 valence electrons. The average Bonchev–Trinajstić information content (AvgIpc) is 2.38. The highest BCUT2D eigenvalue weighted by Crippen LogP contribution is 2.17. The molecule has 0 saturated heterocycles. The van der Waals surface area contributed by atoms with Crippen LogP contribution in [0.25, 0.3) is 0 Å². The third kappa shape index (κ3) is 4.46. The van der Waals surface area contributed by atoms with Gasteiger partial charge in [-0.2, -0.15) is 0 Å². The Kier molecular flexibility index (Phi) is 6.19. The van der Waals surface area contributed by atoms with Crippen molar-refractivity contribution in [1.82, 2.24) is 5.32 Å². The van der Waals surface area contributed by atoms with E-state index in [0.29, 0.717) is 6.42 Å². The van der Waals surface area contributed by atoms with E-state index in [0.717, 1.165) is 18.5 Å². The Bertz CT molecular complexity index is 311. The molecular weight excluding hydrogens is 214 g/mol. The fourth-order valence-electron chi connectivity index (χ4n) is 1.76. The summed E-state index contributed by atoms with van der Waals surface area (Å²) >= 11 is 0. The highest BCUT2D eigenvalue weighted by atomic mass is 16.3. The van der Waals surface area contributed by atoms with Gasteiger partial charge in [-0.05, 0) is 37.4 Å². The van der Waals surface area contributed by atoms with Crippen molar-refractivity contribution >= 4 is 0 Å². The quantitative estimate of drug-likeness (QED) is 0.632. The molecule has 0 aliphatic heterocycles. The van der Waals surface area contributed by atoms with Gasteiger partial charge in [0.25, 0.3) is 0 Å². The molecule has 0 aliphatic rings. The molecule has 0 aromatic heterocycles. The lowest BCUT2D eigenvalue weighted by Gasteiger charge is -2.20. The van der Waals surface area contributed by atoms with Gasteiger partial charge < -0.3 is 15.5 Å². The Morgan fingerprint density at radius 2 is 1.88 bits per heavy atom. The van der Waals surface area contributed by atoms with Crippen molar-refractivity contribution in [3.8, 4) is 0 Å². The first kappa shape index (κ1) is 14.2. The summed E-state index contributed by atoms with van der Waals surface area (Å²) in [5.41, 5.74) is 2.22. The summed E-state index contributed by atoms with van der Waals surface area (Å²) in [6, 6.07) is 8.06. The number of nitrogens with one attached hydrogen (secondary N) is 1. The van der Waals surface area contributed by atoms with Crippen molar-refractivity contribution in [2.24, 2.45) is 0 Å². The van der Waals surface area contributed by atoms with E-state index >= 15 is 0 Å². The molecule has 3 nitrogen and oxygen atoms in total. The van der Waals surface area contributed by atoms with Gasteiger partial charge in [-0.25, -0.2) is 0 Å². The Morgan fingerprint density at radius 3 is 2.41 bits per heavy atom. The maximum absolute atomic E-state index is 10.1. The standard InChI is InChI=1S/C14H23NO2/c1-3-12-5-7-13(8-6-12)14(17)11(2)15-9-4-10-16/h5-8,11,14-17H,3-4,9-10H2,1-2H3. The number of aliphatic hydroxyl groups is 2. The zero-order valence-corrected chi connectivity index (χ0v) is 10.7. The van der Waals surface area contributed by atoms with Crippen LogP contribution in [0.15, 0.2) is 24.3 Å². The summed E-state index contributed by atoms with van der Waals surface area (Å²) < 4.78 is 0. The largest absolute Gasteiger partial charge is 0.396 e. The van der Waals surface area contributed by atoms with Crippen LogP contribution in [0.5, 0.6) is 0 Å². The van der Waals surface area contributed by atoms with E-state index < -0.39 is 6.10 Å². The first-order valence-corrected chi connectivity index (χ1v) is 6.30. The molecule has 2 atom stereocenters. The maximum atomic E-state index is 10.1. The number of aryl methyl sites for hydroxylation is 1. The van der Waals surface area contributed by atoms with E-state index in [1.54, 1.807) is 0 Å². The molecule has 0 fully saturated rings. The molecule has 17 heavy (non-hydrogen) atoms. The molecular formula is C14H23NO2. The molecule has 0 aliphatic carbocycles. The second kappa shape index (κ2) is 7.43. The topological polar surface area (TPSA) is 52.5 Å². The van der Waals surface area contributed by atoms with Crippen molar-refractivity contribution in [3.05, 3.63) is 35.4 Å². The molecule has 0 radical (unpaired) electrons. The summed E-state index contributed by atoms with van der Waals surface area (Å²) in [5.74, 6) is 0.